The number of hydrogen-bond donors (Lipinski definition) is 1. The Labute approximate surface area is 136 Å². The molecule has 0 radical (unpaired) electrons. The lowest BCUT2D eigenvalue weighted by Crippen LogP contribution is -2.46. The molecule has 0 saturated heterocycles. The predicted molar refractivity (Wildman–Crippen MR) is 90.2 cm³/mol. The number of amides is 1. The molecule has 4 heteroatoms. The molecular weight excluding hydrogens is 290 g/mol. The molecule has 1 heterocycles. The third kappa shape index (κ3) is 2.89. The maximum absolute atomic E-state index is 12.7. The number of hydrogen-bond acceptors (Lipinski definition) is 3. The predicted octanol–water partition coefficient (Wildman–Crippen LogP) is 3.37. The van der Waals surface area contributed by atoms with E-state index in [2.05, 4.69) is 19.1 Å². The van der Waals surface area contributed by atoms with E-state index in [1.807, 2.05) is 19.9 Å². The monoisotopic (exact) mass is 311 g/mol. The second-order valence-electron chi connectivity index (χ2n) is 5.98. The first-order valence-electron chi connectivity index (χ1n) is 7.86. The van der Waals surface area contributed by atoms with E-state index in [-0.39, 0.29) is 11.7 Å². The van der Waals surface area contributed by atoms with E-state index in [1.54, 1.807) is 23.1 Å². The van der Waals surface area contributed by atoms with Gasteiger partial charge in [0.05, 0.1) is 5.69 Å². The molecule has 120 valence electrons. The van der Waals surface area contributed by atoms with Gasteiger partial charge < -0.3 is 14.7 Å². The molecule has 0 aliphatic carbocycles. The molecule has 0 saturated carbocycles. The maximum atomic E-state index is 12.7. The Morgan fingerprint density at radius 3 is 2.65 bits per heavy atom. The summed E-state index contributed by atoms with van der Waals surface area (Å²) < 4.78 is 5.90. The van der Waals surface area contributed by atoms with Crippen molar-refractivity contribution in [2.75, 3.05) is 11.4 Å². The smallest absolute Gasteiger partial charge is 0.268 e. The van der Waals surface area contributed by atoms with Crippen LogP contribution in [0.15, 0.2) is 36.4 Å². The van der Waals surface area contributed by atoms with Crippen LogP contribution in [0.2, 0.25) is 0 Å². The molecular formula is C19H21NO3. The maximum Gasteiger partial charge on any atom is 0.268 e. The third-order valence-corrected chi connectivity index (χ3v) is 4.26. The Bertz CT molecular complexity index is 754. The van der Waals surface area contributed by atoms with Crippen LogP contribution in [0.1, 0.15) is 23.6 Å². The third-order valence-electron chi connectivity index (χ3n) is 4.26. The summed E-state index contributed by atoms with van der Waals surface area (Å²) in [6.07, 6.45) is -0.0399. The Hall–Kier alpha value is -2.49. The van der Waals surface area contributed by atoms with E-state index < -0.39 is 6.10 Å². The summed E-state index contributed by atoms with van der Waals surface area (Å²) in [4.78, 5) is 14.4. The van der Waals surface area contributed by atoms with Gasteiger partial charge in [0.25, 0.3) is 5.91 Å². The molecule has 1 aliphatic heterocycles. The molecule has 2 aromatic carbocycles. The van der Waals surface area contributed by atoms with Crippen LogP contribution in [0.4, 0.5) is 5.69 Å². The molecule has 0 fully saturated rings. The van der Waals surface area contributed by atoms with E-state index in [9.17, 15) is 9.90 Å². The van der Waals surface area contributed by atoms with Crippen molar-refractivity contribution in [2.24, 2.45) is 0 Å². The van der Waals surface area contributed by atoms with Crippen LogP contribution in [-0.2, 0) is 11.2 Å². The number of carbonyl (C=O) groups is 1. The fourth-order valence-electron chi connectivity index (χ4n) is 3.05. The highest BCUT2D eigenvalue weighted by Crippen LogP contribution is 2.37. The summed E-state index contributed by atoms with van der Waals surface area (Å²) >= 11 is 0. The number of aromatic hydroxyl groups is 1. The van der Waals surface area contributed by atoms with Gasteiger partial charge in [0, 0.05) is 19.0 Å². The number of aryl methyl sites for hydroxylation is 2. The Morgan fingerprint density at radius 2 is 1.96 bits per heavy atom. The largest absolute Gasteiger partial charge is 0.508 e. The first-order chi connectivity index (χ1) is 11.0. The van der Waals surface area contributed by atoms with Crippen molar-refractivity contribution in [3.63, 3.8) is 0 Å². The summed E-state index contributed by atoms with van der Waals surface area (Å²) in [7, 11) is 0. The van der Waals surface area contributed by atoms with Crippen LogP contribution in [0.5, 0.6) is 11.5 Å². The number of nitrogens with zero attached hydrogens (tertiary/aromatic N) is 1. The SMILES string of the molecule is CCN1C(=O)C(Cc2ccc(C)cc2C)Oc2cc(O)ccc21. The lowest BCUT2D eigenvalue weighted by Gasteiger charge is -2.34. The molecule has 1 atom stereocenters. The number of likely N-dealkylation sites (N-methyl/N-ethyl adjacent to an activating group) is 1. The first kappa shape index (κ1) is 15.4. The molecule has 1 unspecified atom stereocenters. The minimum absolute atomic E-state index is 0.0364. The van der Waals surface area contributed by atoms with E-state index in [0.29, 0.717) is 24.4 Å². The van der Waals surface area contributed by atoms with Crippen LogP contribution in [0.25, 0.3) is 0 Å². The number of anilines is 1. The summed E-state index contributed by atoms with van der Waals surface area (Å²) in [5.74, 6) is 0.659. The second kappa shape index (κ2) is 5.95. The zero-order chi connectivity index (χ0) is 16.6. The number of benzene rings is 2. The van der Waals surface area contributed by atoms with Gasteiger partial charge in [-0.25, -0.2) is 0 Å². The number of phenols is 1. The van der Waals surface area contributed by atoms with Gasteiger partial charge in [-0.2, -0.15) is 0 Å². The summed E-state index contributed by atoms with van der Waals surface area (Å²) in [6.45, 7) is 6.61. The number of carbonyl (C=O) groups excluding carboxylic acids is 1. The molecule has 2 aromatic rings. The standard InChI is InChI=1S/C19H21NO3/c1-4-20-16-8-7-15(21)11-17(16)23-18(19(20)22)10-14-6-5-12(2)9-13(14)3/h5-9,11,18,21H,4,10H2,1-3H3. The fourth-order valence-corrected chi connectivity index (χ4v) is 3.05. The Morgan fingerprint density at radius 1 is 1.17 bits per heavy atom. The number of phenolic OH excluding ortho intramolecular Hbond substituents is 1. The molecule has 3 rings (SSSR count). The van der Waals surface area contributed by atoms with Crippen LogP contribution in [0, 0.1) is 13.8 Å². The quantitative estimate of drug-likeness (QED) is 0.945. The van der Waals surface area contributed by atoms with Crippen molar-refractivity contribution >= 4 is 11.6 Å². The van der Waals surface area contributed by atoms with Crippen LogP contribution in [-0.4, -0.2) is 23.7 Å². The van der Waals surface area contributed by atoms with Crippen LogP contribution >= 0.6 is 0 Å². The molecule has 1 N–H and O–H groups in total. The lowest BCUT2D eigenvalue weighted by atomic mass is 9.99. The van der Waals surface area contributed by atoms with Gasteiger partial charge >= 0.3 is 0 Å². The molecule has 4 nitrogen and oxygen atoms in total. The van der Waals surface area contributed by atoms with Gasteiger partial charge in [-0.05, 0) is 44.0 Å². The van der Waals surface area contributed by atoms with Crippen molar-refractivity contribution in [1.82, 2.24) is 0 Å². The summed E-state index contributed by atoms with van der Waals surface area (Å²) in [5, 5.41) is 9.68. The van der Waals surface area contributed by atoms with E-state index >= 15 is 0 Å². The molecule has 23 heavy (non-hydrogen) atoms. The molecule has 0 spiro atoms. The highest BCUT2D eigenvalue weighted by Gasteiger charge is 2.34. The fraction of sp³-hybridized carbons (Fsp3) is 0.316. The van der Waals surface area contributed by atoms with Crippen LogP contribution in [0.3, 0.4) is 0 Å². The van der Waals surface area contributed by atoms with E-state index in [0.717, 1.165) is 11.1 Å². The minimum atomic E-state index is -0.564. The number of fused-ring (bicyclic) bond motifs is 1. The Kier molecular flexibility index (Phi) is 3.99. The minimum Gasteiger partial charge on any atom is -0.508 e. The molecule has 0 aromatic heterocycles. The molecule has 1 aliphatic rings. The van der Waals surface area contributed by atoms with Gasteiger partial charge in [0.1, 0.15) is 11.5 Å². The normalized spacial score (nSPS) is 16.9. The first-order valence-corrected chi connectivity index (χ1v) is 7.86. The van der Waals surface area contributed by atoms with Gasteiger partial charge in [-0.3, -0.25) is 4.79 Å². The van der Waals surface area contributed by atoms with E-state index in [1.165, 1.54) is 5.56 Å². The lowest BCUT2D eigenvalue weighted by molar-refractivity contribution is -0.126. The number of rotatable bonds is 3. The van der Waals surface area contributed by atoms with Crippen molar-refractivity contribution in [1.29, 1.82) is 0 Å². The van der Waals surface area contributed by atoms with Crippen molar-refractivity contribution in [3.05, 3.63) is 53.1 Å². The van der Waals surface area contributed by atoms with Gasteiger partial charge in [0.2, 0.25) is 0 Å². The molecule has 0 bridgehead atoms. The van der Waals surface area contributed by atoms with Crippen molar-refractivity contribution in [3.8, 4) is 11.5 Å². The van der Waals surface area contributed by atoms with Crippen LogP contribution < -0.4 is 9.64 Å². The van der Waals surface area contributed by atoms with Gasteiger partial charge in [0.15, 0.2) is 6.10 Å². The Balaban J connectivity index is 1.93. The zero-order valence-corrected chi connectivity index (χ0v) is 13.7. The average molecular weight is 311 g/mol. The van der Waals surface area contributed by atoms with Gasteiger partial charge in [-0.15, -0.1) is 0 Å². The summed E-state index contributed by atoms with van der Waals surface area (Å²) in [5.41, 5.74) is 4.18. The zero-order valence-electron chi connectivity index (χ0n) is 13.7. The molecule has 1 amide bonds. The second-order valence-corrected chi connectivity index (χ2v) is 5.98. The average Bonchev–Trinajstić information content (AvgIpc) is 2.51. The highest BCUT2D eigenvalue weighted by molar-refractivity contribution is 6.00. The summed E-state index contributed by atoms with van der Waals surface area (Å²) in [6, 6.07) is 11.1. The van der Waals surface area contributed by atoms with Crippen molar-refractivity contribution < 1.29 is 14.6 Å². The topological polar surface area (TPSA) is 49.8 Å². The number of ether oxygens (including phenoxy) is 1. The van der Waals surface area contributed by atoms with Crippen molar-refractivity contribution in [2.45, 2.75) is 33.3 Å². The van der Waals surface area contributed by atoms with Gasteiger partial charge in [-0.1, -0.05) is 23.8 Å². The highest BCUT2D eigenvalue weighted by atomic mass is 16.5. The van der Waals surface area contributed by atoms with E-state index in [4.69, 9.17) is 4.74 Å².